The molecule has 12 heteroatoms. The van der Waals surface area contributed by atoms with E-state index in [4.69, 9.17) is 11.5 Å². The first kappa shape index (κ1) is 44.8. The van der Waals surface area contributed by atoms with Crippen LogP contribution in [0.1, 0.15) is 108 Å². The highest BCUT2D eigenvalue weighted by Gasteiger charge is 2.30. The summed E-state index contributed by atoms with van der Waals surface area (Å²) in [5.74, 6) is 0.0691. The molecule has 0 aliphatic heterocycles. The van der Waals surface area contributed by atoms with E-state index < -0.39 is 11.3 Å². The van der Waals surface area contributed by atoms with Crippen LogP contribution in [0.5, 0.6) is 0 Å². The standard InChI is InChI=1S/C14H26N4O4.4C3H6O/c1-11(21)13(15,17-9-19)7-5-3-4-6-8-14(16,12(2)22)18-10-20;4*1-3(2)4/h9-10H,3-8,15-16H2,1-2H3,(H,17,19)(H,18,20);4*1-2H3. The minimum atomic E-state index is -1.32. The van der Waals surface area contributed by atoms with Crippen LogP contribution in [0.25, 0.3) is 0 Å². The van der Waals surface area contributed by atoms with Gasteiger partial charge in [-0.05, 0) is 94.9 Å². The van der Waals surface area contributed by atoms with Crippen molar-refractivity contribution in [3.63, 3.8) is 0 Å². The van der Waals surface area contributed by atoms with Gasteiger partial charge in [0.1, 0.15) is 34.5 Å². The Labute approximate surface area is 227 Å². The lowest BCUT2D eigenvalue weighted by Gasteiger charge is -2.26. The second-order valence-electron chi connectivity index (χ2n) is 9.13. The fourth-order valence-electron chi connectivity index (χ4n) is 2.07. The summed E-state index contributed by atoms with van der Waals surface area (Å²) < 4.78 is 0. The van der Waals surface area contributed by atoms with Gasteiger partial charge >= 0.3 is 0 Å². The normalized spacial score (nSPS) is 12.0. The van der Waals surface area contributed by atoms with Crippen LogP contribution in [0, 0.1) is 0 Å². The van der Waals surface area contributed by atoms with E-state index >= 15 is 0 Å². The molecular formula is C26H50N4O8. The number of Topliss-reactive ketones (excluding diaryl/α,β-unsaturated/α-hetero) is 6. The molecule has 0 aromatic carbocycles. The third kappa shape index (κ3) is 43.0. The van der Waals surface area contributed by atoms with E-state index in [0.717, 1.165) is 12.8 Å². The Bertz CT molecular complexity index is 654. The van der Waals surface area contributed by atoms with Crippen LogP contribution in [0.2, 0.25) is 0 Å². The summed E-state index contributed by atoms with van der Waals surface area (Å²) >= 11 is 0. The predicted octanol–water partition coefficient (Wildman–Crippen LogP) is 1.69. The summed E-state index contributed by atoms with van der Waals surface area (Å²) in [7, 11) is 0. The Balaban J connectivity index is -0.000000183. The Morgan fingerprint density at radius 3 is 0.816 bits per heavy atom. The molecule has 0 saturated carbocycles. The van der Waals surface area contributed by atoms with Crippen molar-refractivity contribution in [1.82, 2.24) is 10.6 Å². The lowest BCUT2D eigenvalue weighted by molar-refractivity contribution is -0.127. The van der Waals surface area contributed by atoms with Gasteiger partial charge in [0.2, 0.25) is 12.8 Å². The van der Waals surface area contributed by atoms with Gasteiger partial charge in [-0.25, -0.2) is 0 Å². The monoisotopic (exact) mass is 546 g/mol. The van der Waals surface area contributed by atoms with Crippen LogP contribution < -0.4 is 22.1 Å². The van der Waals surface area contributed by atoms with E-state index in [-0.39, 0.29) is 34.7 Å². The average Bonchev–Trinajstić information content (AvgIpc) is 2.69. The minimum absolute atomic E-state index is 0.167. The van der Waals surface area contributed by atoms with Gasteiger partial charge in [0.15, 0.2) is 11.6 Å². The van der Waals surface area contributed by atoms with Crippen LogP contribution >= 0.6 is 0 Å². The molecule has 0 rings (SSSR count). The van der Waals surface area contributed by atoms with E-state index in [0.29, 0.717) is 38.5 Å². The molecule has 0 aromatic rings. The molecular weight excluding hydrogens is 496 g/mol. The number of hydrogen-bond acceptors (Lipinski definition) is 10. The van der Waals surface area contributed by atoms with Crippen LogP contribution in [-0.4, -0.2) is 58.8 Å². The summed E-state index contributed by atoms with van der Waals surface area (Å²) in [5.41, 5.74) is 8.98. The van der Waals surface area contributed by atoms with Crippen LogP contribution in [0.3, 0.4) is 0 Å². The summed E-state index contributed by atoms with van der Waals surface area (Å²) in [6.07, 6.45) is 4.35. The van der Waals surface area contributed by atoms with Crippen LogP contribution in [-0.2, 0) is 38.4 Å². The molecule has 0 saturated heterocycles. The van der Waals surface area contributed by atoms with Gasteiger partial charge in [0, 0.05) is 0 Å². The molecule has 2 amide bonds. The highest BCUT2D eigenvalue weighted by molar-refractivity contribution is 5.87. The number of unbranched alkanes of at least 4 members (excludes halogenated alkanes) is 3. The number of carbonyl (C=O) groups excluding carboxylic acids is 8. The lowest BCUT2D eigenvalue weighted by Crippen LogP contribution is -2.58. The van der Waals surface area contributed by atoms with Gasteiger partial charge < -0.3 is 41.3 Å². The van der Waals surface area contributed by atoms with Gasteiger partial charge in [-0.3, -0.25) is 19.2 Å². The van der Waals surface area contributed by atoms with E-state index in [9.17, 15) is 38.4 Å². The number of ketones is 6. The van der Waals surface area contributed by atoms with Gasteiger partial charge in [-0.1, -0.05) is 12.8 Å². The van der Waals surface area contributed by atoms with Crippen LogP contribution in [0.4, 0.5) is 0 Å². The molecule has 0 aromatic heterocycles. The van der Waals surface area contributed by atoms with Gasteiger partial charge in [0.05, 0.1) is 0 Å². The summed E-state index contributed by atoms with van der Waals surface area (Å²) in [6.45, 7) is 14.9. The predicted molar refractivity (Wildman–Crippen MR) is 147 cm³/mol. The lowest BCUT2D eigenvalue weighted by atomic mass is 9.95. The molecule has 0 aliphatic carbocycles. The zero-order valence-electron chi connectivity index (χ0n) is 24.8. The Hall–Kier alpha value is -3.12. The van der Waals surface area contributed by atoms with Crippen molar-refractivity contribution >= 4 is 47.5 Å². The molecule has 38 heavy (non-hydrogen) atoms. The minimum Gasteiger partial charge on any atom is -0.334 e. The molecule has 2 atom stereocenters. The average molecular weight is 547 g/mol. The molecule has 2 unspecified atom stereocenters. The van der Waals surface area contributed by atoms with Crippen LogP contribution in [0.15, 0.2) is 0 Å². The molecule has 0 spiro atoms. The van der Waals surface area contributed by atoms with Crippen molar-refractivity contribution < 1.29 is 38.4 Å². The fourth-order valence-corrected chi connectivity index (χ4v) is 2.07. The first-order chi connectivity index (χ1) is 17.1. The zero-order valence-corrected chi connectivity index (χ0v) is 24.8. The second kappa shape index (κ2) is 26.9. The molecule has 6 N–H and O–H groups in total. The van der Waals surface area contributed by atoms with Crippen molar-refractivity contribution in [3.8, 4) is 0 Å². The second-order valence-corrected chi connectivity index (χ2v) is 9.13. The van der Waals surface area contributed by atoms with E-state index in [1.54, 1.807) is 0 Å². The number of rotatable bonds is 13. The SMILES string of the molecule is CC(=O)C(N)(CCCCCCC(N)(NC=O)C(C)=O)NC=O.CC(C)=O.CC(C)=O.CC(C)=O.CC(C)=O. The van der Waals surface area contributed by atoms with E-state index in [2.05, 4.69) is 10.6 Å². The smallest absolute Gasteiger partial charge is 0.208 e. The highest BCUT2D eigenvalue weighted by atomic mass is 16.2. The largest absolute Gasteiger partial charge is 0.334 e. The highest BCUT2D eigenvalue weighted by Crippen LogP contribution is 2.15. The number of carbonyl (C=O) groups is 8. The van der Waals surface area contributed by atoms with Crippen molar-refractivity contribution in [2.24, 2.45) is 11.5 Å². The molecule has 12 nitrogen and oxygen atoms in total. The molecule has 0 aliphatic rings. The third-order valence-corrected chi connectivity index (χ3v) is 3.78. The first-order valence-corrected chi connectivity index (χ1v) is 12.1. The molecule has 0 bridgehead atoms. The zero-order chi connectivity index (χ0) is 31.5. The number of nitrogens with two attached hydrogens (primary N) is 2. The molecule has 0 fully saturated rings. The molecule has 222 valence electrons. The van der Waals surface area contributed by atoms with E-state index in [1.807, 2.05) is 0 Å². The van der Waals surface area contributed by atoms with Gasteiger partial charge in [-0.2, -0.15) is 0 Å². The van der Waals surface area contributed by atoms with Crippen molar-refractivity contribution in [2.45, 2.75) is 119 Å². The maximum atomic E-state index is 11.4. The Morgan fingerprint density at radius 1 is 0.500 bits per heavy atom. The number of nitrogens with one attached hydrogen (secondary N) is 2. The van der Waals surface area contributed by atoms with Crippen molar-refractivity contribution in [3.05, 3.63) is 0 Å². The number of amides is 2. The van der Waals surface area contributed by atoms with Crippen molar-refractivity contribution in [1.29, 1.82) is 0 Å². The first-order valence-electron chi connectivity index (χ1n) is 12.1. The van der Waals surface area contributed by atoms with E-state index in [1.165, 1.54) is 69.2 Å². The van der Waals surface area contributed by atoms with Gasteiger partial charge in [0.25, 0.3) is 0 Å². The number of hydrogen-bond donors (Lipinski definition) is 4. The summed E-state index contributed by atoms with van der Waals surface area (Å²) in [6, 6.07) is 0. The molecule has 0 heterocycles. The summed E-state index contributed by atoms with van der Waals surface area (Å²) in [5, 5.41) is 4.68. The Kier molecular flexibility index (Phi) is 31.8. The quantitative estimate of drug-likeness (QED) is 0.149. The third-order valence-electron chi connectivity index (χ3n) is 3.78. The van der Waals surface area contributed by atoms with Gasteiger partial charge in [-0.15, -0.1) is 0 Å². The summed E-state index contributed by atoms with van der Waals surface area (Å²) in [4.78, 5) is 81.5. The Morgan fingerprint density at radius 2 is 0.684 bits per heavy atom. The topological polar surface area (TPSA) is 213 Å². The fraction of sp³-hybridized carbons (Fsp3) is 0.692. The molecule has 0 radical (unpaired) electrons. The maximum Gasteiger partial charge on any atom is 0.208 e. The maximum absolute atomic E-state index is 11.4. The van der Waals surface area contributed by atoms with Crippen molar-refractivity contribution in [2.75, 3.05) is 0 Å².